The number of hydrogen-bond donors (Lipinski definition) is 2. The third-order valence-corrected chi connectivity index (χ3v) is 4.36. The van der Waals surface area contributed by atoms with Gasteiger partial charge in [0.2, 0.25) is 5.91 Å². The van der Waals surface area contributed by atoms with Crippen molar-refractivity contribution in [2.45, 2.75) is 45.6 Å². The molecule has 3 unspecified atom stereocenters. The molecule has 114 valence electrons. The fourth-order valence-electron chi connectivity index (χ4n) is 3.00. The van der Waals surface area contributed by atoms with E-state index < -0.39 is 17.8 Å². The molecule has 0 radical (unpaired) electrons. The van der Waals surface area contributed by atoms with Gasteiger partial charge in [-0.15, -0.1) is 0 Å². The first-order valence-electron chi connectivity index (χ1n) is 7.59. The van der Waals surface area contributed by atoms with Crippen LogP contribution in [0.4, 0.5) is 0 Å². The molecule has 1 aromatic carbocycles. The summed E-state index contributed by atoms with van der Waals surface area (Å²) in [5.41, 5.74) is 2.21. The second kappa shape index (κ2) is 6.74. The quantitative estimate of drug-likeness (QED) is 0.895. The number of hydrogen-bond acceptors (Lipinski definition) is 2. The number of nitrogens with one attached hydrogen (secondary N) is 1. The lowest BCUT2D eigenvalue weighted by Crippen LogP contribution is -2.40. The van der Waals surface area contributed by atoms with E-state index in [1.54, 1.807) is 0 Å². The van der Waals surface area contributed by atoms with Gasteiger partial charge in [0.05, 0.1) is 17.9 Å². The number of carbonyl (C=O) groups is 2. The van der Waals surface area contributed by atoms with Crippen LogP contribution in [0, 0.1) is 18.8 Å². The van der Waals surface area contributed by atoms with Crippen molar-refractivity contribution < 1.29 is 14.7 Å². The van der Waals surface area contributed by atoms with Gasteiger partial charge < -0.3 is 10.4 Å². The maximum atomic E-state index is 12.4. The minimum absolute atomic E-state index is 0.102. The van der Waals surface area contributed by atoms with Gasteiger partial charge >= 0.3 is 5.97 Å². The van der Waals surface area contributed by atoms with Crippen LogP contribution in [0.5, 0.6) is 0 Å². The second-order valence-electron chi connectivity index (χ2n) is 5.98. The van der Waals surface area contributed by atoms with Gasteiger partial charge in [0.15, 0.2) is 0 Å². The monoisotopic (exact) mass is 289 g/mol. The van der Waals surface area contributed by atoms with Gasteiger partial charge in [-0.2, -0.15) is 0 Å². The normalized spacial score (nSPS) is 23.3. The topological polar surface area (TPSA) is 66.4 Å². The largest absolute Gasteiger partial charge is 0.481 e. The van der Waals surface area contributed by atoms with Crippen molar-refractivity contribution in [2.24, 2.45) is 11.8 Å². The Hall–Kier alpha value is -1.84. The van der Waals surface area contributed by atoms with Crippen LogP contribution < -0.4 is 5.32 Å². The lowest BCUT2D eigenvalue weighted by Gasteiger charge is -2.28. The lowest BCUT2D eigenvalue weighted by molar-refractivity contribution is -0.149. The predicted molar refractivity (Wildman–Crippen MR) is 80.8 cm³/mol. The van der Waals surface area contributed by atoms with E-state index in [9.17, 15) is 14.7 Å². The second-order valence-corrected chi connectivity index (χ2v) is 5.98. The Morgan fingerprint density at radius 2 is 1.71 bits per heavy atom. The highest BCUT2D eigenvalue weighted by Crippen LogP contribution is 2.31. The molecule has 2 rings (SSSR count). The van der Waals surface area contributed by atoms with Gasteiger partial charge in [0, 0.05) is 0 Å². The summed E-state index contributed by atoms with van der Waals surface area (Å²) in [6.45, 7) is 3.95. The Kier molecular flexibility index (Phi) is 4.99. The SMILES string of the molecule is Cc1ccc(C(C)NC(=O)C2CCCCC2C(=O)O)cc1. The molecule has 4 heteroatoms. The van der Waals surface area contributed by atoms with Crippen molar-refractivity contribution in [3.8, 4) is 0 Å². The molecule has 1 aliphatic carbocycles. The van der Waals surface area contributed by atoms with Crippen molar-refractivity contribution in [1.82, 2.24) is 5.32 Å². The molecule has 0 spiro atoms. The van der Waals surface area contributed by atoms with Crippen molar-refractivity contribution in [3.63, 3.8) is 0 Å². The molecule has 0 aliphatic heterocycles. The number of carboxylic acids is 1. The van der Waals surface area contributed by atoms with Gasteiger partial charge in [0.1, 0.15) is 0 Å². The van der Waals surface area contributed by atoms with Crippen LogP contribution in [0.25, 0.3) is 0 Å². The first-order valence-corrected chi connectivity index (χ1v) is 7.59. The third-order valence-electron chi connectivity index (χ3n) is 4.36. The molecular weight excluding hydrogens is 266 g/mol. The summed E-state index contributed by atoms with van der Waals surface area (Å²) < 4.78 is 0. The van der Waals surface area contributed by atoms with E-state index in [1.165, 1.54) is 5.56 Å². The molecule has 0 bridgehead atoms. The molecule has 1 saturated carbocycles. The third kappa shape index (κ3) is 3.84. The van der Waals surface area contributed by atoms with Crippen molar-refractivity contribution in [2.75, 3.05) is 0 Å². The highest BCUT2D eigenvalue weighted by molar-refractivity contribution is 5.85. The van der Waals surface area contributed by atoms with Crippen LogP contribution in [-0.2, 0) is 9.59 Å². The maximum Gasteiger partial charge on any atom is 0.307 e. The molecule has 1 fully saturated rings. The highest BCUT2D eigenvalue weighted by atomic mass is 16.4. The molecule has 0 aromatic heterocycles. The Morgan fingerprint density at radius 3 is 2.29 bits per heavy atom. The molecular formula is C17H23NO3. The van der Waals surface area contributed by atoms with Crippen LogP contribution in [0.15, 0.2) is 24.3 Å². The van der Waals surface area contributed by atoms with E-state index in [-0.39, 0.29) is 11.9 Å². The average Bonchev–Trinajstić information content (AvgIpc) is 2.47. The van der Waals surface area contributed by atoms with E-state index >= 15 is 0 Å². The predicted octanol–water partition coefficient (Wildman–Crippen LogP) is 3.06. The first-order chi connectivity index (χ1) is 9.99. The molecule has 1 aliphatic rings. The summed E-state index contributed by atoms with van der Waals surface area (Å²) in [5, 5.41) is 12.2. The molecule has 3 atom stereocenters. The van der Waals surface area contributed by atoms with E-state index in [1.807, 2.05) is 38.1 Å². The minimum Gasteiger partial charge on any atom is -0.481 e. The smallest absolute Gasteiger partial charge is 0.307 e. The summed E-state index contributed by atoms with van der Waals surface area (Å²) in [6.07, 6.45) is 3.10. The van der Waals surface area contributed by atoms with E-state index in [4.69, 9.17) is 0 Å². The van der Waals surface area contributed by atoms with Crippen LogP contribution in [0.1, 0.15) is 49.8 Å². The standard InChI is InChI=1S/C17H23NO3/c1-11-7-9-13(10-8-11)12(2)18-16(19)14-5-3-4-6-15(14)17(20)21/h7-10,12,14-15H,3-6H2,1-2H3,(H,18,19)(H,20,21). The number of amides is 1. The zero-order chi connectivity index (χ0) is 15.4. The average molecular weight is 289 g/mol. The minimum atomic E-state index is -0.849. The zero-order valence-corrected chi connectivity index (χ0v) is 12.6. The van der Waals surface area contributed by atoms with Gasteiger partial charge in [0.25, 0.3) is 0 Å². The zero-order valence-electron chi connectivity index (χ0n) is 12.6. The molecule has 1 aromatic rings. The van der Waals surface area contributed by atoms with Gasteiger partial charge in [-0.05, 0) is 32.3 Å². The van der Waals surface area contributed by atoms with Crippen LogP contribution in [-0.4, -0.2) is 17.0 Å². The van der Waals surface area contributed by atoms with Gasteiger partial charge in [-0.25, -0.2) is 0 Å². The summed E-state index contributed by atoms with van der Waals surface area (Å²) >= 11 is 0. The molecule has 4 nitrogen and oxygen atoms in total. The van der Waals surface area contributed by atoms with Crippen molar-refractivity contribution in [1.29, 1.82) is 0 Å². The van der Waals surface area contributed by atoms with Crippen molar-refractivity contribution in [3.05, 3.63) is 35.4 Å². The molecule has 21 heavy (non-hydrogen) atoms. The Labute approximate surface area is 125 Å². The Morgan fingerprint density at radius 1 is 1.14 bits per heavy atom. The first kappa shape index (κ1) is 15.5. The van der Waals surface area contributed by atoms with Crippen molar-refractivity contribution >= 4 is 11.9 Å². The number of carboxylic acid groups (broad SMARTS) is 1. The number of rotatable bonds is 4. The number of benzene rings is 1. The lowest BCUT2D eigenvalue weighted by atomic mass is 9.78. The molecule has 1 amide bonds. The number of carbonyl (C=O) groups excluding carboxylic acids is 1. The summed E-state index contributed by atoms with van der Waals surface area (Å²) in [5.74, 6) is -1.92. The van der Waals surface area contributed by atoms with Gasteiger partial charge in [-0.1, -0.05) is 42.7 Å². The summed E-state index contributed by atoms with van der Waals surface area (Å²) in [4.78, 5) is 23.7. The Bertz CT molecular complexity index is 509. The summed E-state index contributed by atoms with van der Waals surface area (Å²) in [6, 6.07) is 7.91. The molecule has 0 heterocycles. The number of aliphatic carboxylic acids is 1. The van der Waals surface area contributed by atoms with Crippen LogP contribution in [0.2, 0.25) is 0 Å². The fourth-order valence-corrected chi connectivity index (χ4v) is 3.00. The van der Waals surface area contributed by atoms with Crippen LogP contribution in [0.3, 0.4) is 0 Å². The maximum absolute atomic E-state index is 12.4. The molecule has 2 N–H and O–H groups in total. The van der Waals surface area contributed by atoms with E-state index in [0.29, 0.717) is 12.8 Å². The highest BCUT2D eigenvalue weighted by Gasteiger charge is 2.36. The molecule has 0 saturated heterocycles. The van der Waals surface area contributed by atoms with E-state index in [2.05, 4.69) is 5.32 Å². The van der Waals surface area contributed by atoms with Gasteiger partial charge in [-0.3, -0.25) is 9.59 Å². The fraction of sp³-hybridized carbons (Fsp3) is 0.529. The van der Waals surface area contributed by atoms with Crippen LogP contribution >= 0.6 is 0 Å². The number of aryl methyl sites for hydroxylation is 1. The summed E-state index contributed by atoms with van der Waals surface area (Å²) in [7, 11) is 0. The Balaban J connectivity index is 2.02. The van der Waals surface area contributed by atoms with E-state index in [0.717, 1.165) is 18.4 Å².